The van der Waals surface area contributed by atoms with Gasteiger partial charge in [-0.2, -0.15) is 0 Å². The maximum atomic E-state index is 11.1. The van der Waals surface area contributed by atoms with Crippen LogP contribution in [0.2, 0.25) is 0 Å². The van der Waals surface area contributed by atoms with E-state index in [1.165, 1.54) is 10.8 Å². The van der Waals surface area contributed by atoms with Crippen molar-refractivity contribution in [3.63, 3.8) is 0 Å². The van der Waals surface area contributed by atoms with Gasteiger partial charge >= 0.3 is 11.7 Å². The molecule has 0 amide bonds. The molecule has 0 aromatic carbocycles. The van der Waals surface area contributed by atoms with E-state index >= 15 is 0 Å². The topological polar surface area (TPSA) is 72.2 Å². The molecule has 0 unspecified atom stereocenters. The van der Waals surface area contributed by atoms with E-state index in [-0.39, 0.29) is 6.42 Å². The van der Waals surface area contributed by atoms with Gasteiger partial charge in [-0.1, -0.05) is 0 Å². The fraction of sp³-hybridized carbons (Fsp3) is 0.375. The fourth-order valence-corrected chi connectivity index (χ4v) is 1.12. The highest BCUT2D eigenvalue weighted by atomic mass is 16.4. The lowest BCUT2D eigenvalue weighted by Crippen LogP contribution is -2.25. The lowest BCUT2D eigenvalue weighted by Gasteiger charge is -2.06. The Kier molecular flexibility index (Phi) is 2.79. The number of carboxylic acid groups (broad SMARTS) is 1. The van der Waals surface area contributed by atoms with Crippen LogP contribution in [0.15, 0.2) is 17.1 Å². The van der Waals surface area contributed by atoms with E-state index < -0.39 is 11.7 Å². The van der Waals surface area contributed by atoms with Gasteiger partial charge in [0.05, 0.1) is 6.42 Å². The average molecular weight is 182 g/mol. The molecule has 5 nitrogen and oxygen atoms in total. The Morgan fingerprint density at radius 1 is 1.69 bits per heavy atom. The molecular formula is C8H10N2O3. The van der Waals surface area contributed by atoms with Crippen LogP contribution in [0.1, 0.15) is 12.6 Å². The summed E-state index contributed by atoms with van der Waals surface area (Å²) < 4.78 is 1.34. The first-order valence-corrected chi connectivity index (χ1v) is 3.91. The van der Waals surface area contributed by atoms with E-state index in [1.54, 1.807) is 13.0 Å². The van der Waals surface area contributed by atoms with Crippen LogP contribution in [0.3, 0.4) is 0 Å². The predicted octanol–water partition coefficient (Wildman–Crippen LogP) is -0.110. The molecule has 1 rings (SSSR count). The molecule has 0 aliphatic rings. The van der Waals surface area contributed by atoms with Crippen molar-refractivity contribution in [3.05, 3.63) is 28.4 Å². The van der Waals surface area contributed by atoms with Crippen LogP contribution in [-0.2, 0) is 17.8 Å². The van der Waals surface area contributed by atoms with Crippen molar-refractivity contribution in [1.29, 1.82) is 0 Å². The first-order valence-electron chi connectivity index (χ1n) is 3.91. The highest BCUT2D eigenvalue weighted by molar-refractivity contribution is 5.69. The molecule has 0 fully saturated rings. The first kappa shape index (κ1) is 9.44. The Morgan fingerprint density at radius 3 is 2.92 bits per heavy atom. The summed E-state index contributed by atoms with van der Waals surface area (Å²) in [6.45, 7) is 2.21. The van der Waals surface area contributed by atoms with Crippen molar-refractivity contribution in [2.24, 2.45) is 0 Å². The summed E-state index contributed by atoms with van der Waals surface area (Å²) in [4.78, 5) is 25.1. The van der Waals surface area contributed by atoms with Crippen LogP contribution in [0.5, 0.6) is 0 Å². The maximum Gasteiger partial charge on any atom is 0.347 e. The van der Waals surface area contributed by atoms with E-state index in [0.29, 0.717) is 12.2 Å². The minimum Gasteiger partial charge on any atom is -0.481 e. The van der Waals surface area contributed by atoms with Gasteiger partial charge in [0.15, 0.2) is 0 Å². The normalized spacial score (nSPS) is 9.92. The summed E-state index contributed by atoms with van der Waals surface area (Å²) in [5, 5.41) is 8.54. The number of hydrogen-bond acceptors (Lipinski definition) is 3. The van der Waals surface area contributed by atoms with E-state index in [2.05, 4.69) is 4.98 Å². The molecule has 0 radical (unpaired) electrons. The molecule has 0 saturated carbocycles. The summed E-state index contributed by atoms with van der Waals surface area (Å²) in [5.41, 5.74) is 0.0799. The van der Waals surface area contributed by atoms with Gasteiger partial charge in [0, 0.05) is 18.4 Å². The minimum absolute atomic E-state index is 0.147. The fourth-order valence-electron chi connectivity index (χ4n) is 1.12. The molecule has 1 N–H and O–H groups in total. The molecule has 0 aliphatic carbocycles. The van der Waals surface area contributed by atoms with Crippen LogP contribution < -0.4 is 5.69 Å². The number of carboxylic acids is 1. The van der Waals surface area contributed by atoms with E-state index in [1.807, 2.05) is 0 Å². The van der Waals surface area contributed by atoms with Crippen LogP contribution in [-0.4, -0.2) is 20.6 Å². The monoisotopic (exact) mass is 182 g/mol. The first-order chi connectivity index (χ1) is 6.15. The molecule has 1 aromatic rings. The quantitative estimate of drug-likeness (QED) is 0.707. The highest BCUT2D eigenvalue weighted by Crippen LogP contribution is 1.96. The lowest BCUT2D eigenvalue weighted by molar-refractivity contribution is -0.136. The molecule has 1 heterocycles. The Balaban J connectivity index is 3.12. The number of hydrogen-bond donors (Lipinski definition) is 1. The van der Waals surface area contributed by atoms with Crippen LogP contribution in [0.25, 0.3) is 0 Å². The van der Waals surface area contributed by atoms with Gasteiger partial charge in [-0.3, -0.25) is 9.36 Å². The molecule has 0 atom stereocenters. The molecule has 70 valence electrons. The number of aliphatic carboxylic acids is 1. The Labute approximate surface area is 74.7 Å². The maximum absolute atomic E-state index is 11.1. The van der Waals surface area contributed by atoms with Crippen molar-refractivity contribution in [3.8, 4) is 0 Å². The molecule has 1 aromatic heterocycles. The zero-order valence-electron chi connectivity index (χ0n) is 7.23. The standard InChI is InChI=1S/C8H10N2O3/c1-2-10-6(5-7(11)12)3-4-9-8(10)13/h3-4H,2,5H2,1H3,(H,11,12). The van der Waals surface area contributed by atoms with Crippen LogP contribution >= 0.6 is 0 Å². The van der Waals surface area contributed by atoms with E-state index in [9.17, 15) is 9.59 Å². The molecule has 0 saturated heterocycles. The summed E-state index contributed by atoms with van der Waals surface area (Å²) in [5.74, 6) is -0.951. The summed E-state index contributed by atoms with van der Waals surface area (Å²) in [6.07, 6.45) is 1.18. The molecule has 5 heteroatoms. The van der Waals surface area contributed by atoms with Gasteiger partial charge in [0.2, 0.25) is 0 Å². The lowest BCUT2D eigenvalue weighted by atomic mass is 10.3. The second-order valence-electron chi connectivity index (χ2n) is 2.53. The minimum atomic E-state index is -0.951. The van der Waals surface area contributed by atoms with E-state index in [4.69, 9.17) is 5.11 Å². The van der Waals surface area contributed by atoms with E-state index in [0.717, 1.165) is 0 Å². The Morgan fingerprint density at radius 2 is 2.38 bits per heavy atom. The second kappa shape index (κ2) is 3.84. The highest BCUT2D eigenvalue weighted by Gasteiger charge is 2.05. The third-order valence-electron chi connectivity index (χ3n) is 1.68. The van der Waals surface area contributed by atoms with Crippen molar-refractivity contribution in [1.82, 2.24) is 9.55 Å². The van der Waals surface area contributed by atoms with Gasteiger partial charge < -0.3 is 5.11 Å². The summed E-state index contributed by atoms with van der Waals surface area (Å²) >= 11 is 0. The largest absolute Gasteiger partial charge is 0.481 e. The number of carbonyl (C=O) groups is 1. The van der Waals surface area contributed by atoms with Crippen molar-refractivity contribution in [2.75, 3.05) is 0 Å². The second-order valence-corrected chi connectivity index (χ2v) is 2.53. The van der Waals surface area contributed by atoms with Gasteiger partial charge in [-0.25, -0.2) is 9.78 Å². The van der Waals surface area contributed by atoms with Gasteiger partial charge in [-0.05, 0) is 13.0 Å². The third kappa shape index (κ3) is 2.14. The smallest absolute Gasteiger partial charge is 0.347 e. The predicted molar refractivity (Wildman–Crippen MR) is 45.5 cm³/mol. The molecule has 0 bridgehead atoms. The third-order valence-corrected chi connectivity index (χ3v) is 1.68. The number of rotatable bonds is 3. The summed E-state index contributed by atoms with van der Waals surface area (Å²) in [7, 11) is 0. The molecule has 13 heavy (non-hydrogen) atoms. The van der Waals surface area contributed by atoms with Gasteiger partial charge in [0.25, 0.3) is 0 Å². The SMILES string of the molecule is CCn1c(CC(=O)O)ccnc1=O. The number of nitrogens with zero attached hydrogens (tertiary/aromatic N) is 2. The van der Waals surface area contributed by atoms with Crippen LogP contribution in [0, 0.1) is 0 Å². The van der Waals surface area contributed by atoms with Gasteiger partial charge in [-0.15, -0.1) is 0 Å². The zero-order valence-corrected chi connectivity index (χ0v) is 7.23. The summed E-state index contributed by atoms with van der Waals surface area (Å²) in [6, 6.07) is 1.54. The molecule has 0 aliphatic heterocycles. The number of aromatic nitrogens is 2. The average Bonchev–Trinajstić information content (AvgIpc) is 2.03. The molecule has 0 spiro atoms. The van der Waals surface area contributed by atoms with Crippen molar-refractivity contribution < 1.29 is 9.90 Å². The van der Waals surface area contributed by atoms with Crippen LogP contribution in [0.4, 0.5) is 0 Å². The Bertz CT molecular complexity index is 370. The molecular weight excluding hydrogens is 172 g/mol. The van der Waals surface area contributed by atoms with Crippen molar-refractivity contribution in [2.45, 2.75) is 19.9 Å². The van der Waals surface area contributed by atoms with Gasteiger partial charge in [0.1, 0.15) is 0 Å². The zero-order chi connectivity index (χ0) is 9.84. The van der Waals surface area contributed by atoms with Crippen molar-refractivity contribution >= 4 is 5.97 Å². The Hall–Kier alpha value is -1.65.